The Kier molecular flexibility index (Phi) is 4.41. The molecule has 25 heavy (non-hydrogen) atoms. The average Bonchev–Trinajstić information content (AvgIpc) is 3.26. The summed E-state index contributed by atoms with van der Waals surface area (Å²) in [5.41, 5.74) is 4.92. The van der Waals surface area contributed by atoms with Crippen LogP contribution < -0.4 is 16.2 Å². The Morgan fingerprint density at radius 2 is 2.36 bits per heavy atom. The predicted octanol–water partition coefficient (Wildman–Crippen LogP) is 0.982. The van der Waals surface area contributed by atoms with E-state index < -0.39 is 23.3 Å². The lowest BCUT2D eigenvalue weighted by molar-refractivity contribution is -0.0366. The first kappa shape index (κ1) is 16.8. The van der Waals surface area contributed by atoms with Crippen molar-refractivity contribution in [3.8, 4) is 0 Å². The van der Waals surface area contributed by atoms with Gasteiger partial charge < -0.3 is 15.6 Å². The molecule has 1 aliphatic rings. The van der Waals surface area contributed by atoms with Gasteiger partial charge in [0.15, 0.2) is 5.65 Å². The lowest BCUT2D eigenvalue weighted by Crippen LogP contribution is -2.28. The fourth-order valence-electron chi connectivity index (χ4n) is 2.68. The molecule has 3 atom stereocenters. The van der Waals surface area contributed by atoms with Crippen molar-refractivity contribution in [1.82, 2.24) is 14.5 Å². The number of thiophene rings is 1. The summed E-state index contributed by atoms with van der Waals surface area (Å²) in [7, 11) is 0. The van der Waals surface area contributed by atoms with Gasteiger partial charge in [-0.15, -0.1) is 23.1 Å². The molecule has 4 N–H and O–H groups in total. The Bertz CT molecular complexity index is 1010. The molecular weight excluding hydrogens is 384 g/mol. The maximum atomic E-state index is 12.3. The molecule has 132 valence electrons. The van der Waals surface area contributed by atoms with Crippen LogP contribution in [0.25, 0.3) is 10.3 Å². The highest BCUT2D eigenvalue weighted by Crippen LogP contribution is 2.35. The molecule has 0 radical (unpaired) electrons. The fourth-order valence-corrected chi connectivity index (χ4v) is 5.40. The van der Waals surface area contributed by atoms with E-state index in [1.54, 1.807) is 11.3 Å². The van der Waals surface area contributed by atoms with Gasteiger partial charge in [-0.3, -0.25) is 19.1 Å². The summed E-state index contributed by atoms with van der Waals surface area (Å²) >= 11 is 3.82. The van der Waals surface area contributed by atoms with Crippen LogP contribution in [-0.4, -0.2) is 36.9 Å². The van der Waals surface area contributed by atoms with Crippen LogP contribution in [0.1, 0.15) is 11.1 Å². The Morgan fingerprint density at radius 1 is 1.52 bits per heavy atom. The van der Waals surface area contributed by atoms with Gasteiger partial charge in [0.25, 0.3) is 5.56 Å². The van der Waals surface area contributed by atoms with E-state index in [0.29, 0.717) is 12.2 Å². The molecule has 1 aliphatic heterocycles. The summed E-state index contributed by atoms with van der Waals surface area (Å²) < 4.78 is 7.44. The third kappa shape index (κ3) is 3.13. The summed E-state index contributed by atoms with van der Waals surface area (Å²) in [4.78, 5) is 31.4. The number of anilines is 1. The normalized spacial score (nSPS) is 21.8. The van der Waals surface area contributed by atoms with Crippen LogP contribution in [0.3, 0.4) is 0 Å². The molecule has 4 heterocycles. The van der Waals surface area contributed by atoms with Crippen molar-refractivity contribution in [2.24, 2.45) is 0 Å². The van der Waals surface area contributed by atoms with Crippen molar-refractivity contribution in [2.45, 2.75) is 24.2 Å². The second-order valence-corrected chi connectivity index (χ2v) is 8.61. The Morgan fingerprint density at radius 3 is 3.12 bits per heavy atom. The maximum absolute atomic E-state index is 12.3. The molecule has 11 heteroatoms. The number of ether oxygens (including phenoxy) is 1. The molecule has 0 amide bonds. The highest BCUT2D eigenvalue weighted by atomic mass is 32.2. The average molecular weight is 398 g/mol. The predicted molar refractivity (Wildman–Crippen MR) is 99.3 cm³/mol. The van der Waals surface area contributed by atoms with Crippen molar-refractivity contribution >= 4 is 50.7 Å². The molecular formula is C14H14N4O4S3. The van der Waals surface area contributed by atoms with E-state index in [-0.39, 0.29) is 21.2 Å². The van der Waals surface area contributed by atoms with E-state index in [2.05, 4.69) is 9.97 Å². The lowest BCUT2D eigenvalue weighted by Gasteiger charge is -2.18. The van der Waals surface area contributed by atoms with E-state index in [9.17, 15) is 14.7 Å². The highest BCUT2D eigenvalue weighted by Gasteiger charge is 2.34. The van der Waals surface area contributed by atoms with Crippen LogP contribution in [0.2, 0.25) is 0 Å². The molecule has 3 aromatic rings. The molecule has 4 rings (SSSR count). The Labute approximate surface area is 153 Å². The summed E-state index contributed by atoms with van der Waals surface area (Å²) in [5.74, 6) is 0.427. The minimum absolute atomic E-state index is 0.0519. The molecule has 8 nitrogen and oxygen atoms in total. The fraction of sp³-hybridized carbons (Fsp3) is 0.357. The number of aliphatic hydroxyl groups excluding tert-OH is 1. The van der Waals surface area contributed by atoms with Crippen LogP contribution in [0.15, 0.2) is 27.1 Å². The Hall–Kier alpha value is -1.66. The molecule has 0 aliphatic carbocycles. The van der Waals surface area contributed by atoms with Crippen LogP contribution in [0.5, 0.6) is 0 Å². The number of thioether (sulfide) groups is 1. The van der Waals surface area contributed by atoms with E-state index in [1.807, 2.05) is 17.5 Å². The lowest BCUT2D eigenvalue weighted by atomic mass is 10.2. The van der Waals surface area contributed by atoms with Gasteiger partial charge in [-0.1, -0.05) is 17.4 Å². The first-order chi connectivity index (χ1) is 12.0. The van der Waals surface area contributed by atoms with Gasteiger partial charge in [-0.2, -0.15) is 4.98 Å². The van der Waals surface area contributed by atoms with E-state index in [4.69, 9.17) is 10.5 Å². The molecule has 1 saturated heterocycles. The van der Waals surface area contributed by atoms with Gasteiger partial charge in [0.2, 0.25) is 5.95 Å². The number of hydrogen-bond acceptors (Lipinski definition) is 9. The highest BCUT2D eigenvalue weighted by molar-refractivity contribution is 8.00. The van der Waals surface area contributed by atoms with Crippen molar-refractivity contribution in [3.05, 3.63) is 42.4 Å². The SMILES string of the molecule is Nc1nc2c(sc(=O)n2[C@H]2CS[C@@H](C(O)Cc3cccs3)O2)c(=O)[nH]1. The van der Waals surface area contributed by atoms with Gasteiger partial charge >= 0.3 is 4.87 Å². The zero-order chi connectivity index (χ0) is 17.6. The molecule has 0 spiro atoms. The number of nitrogen functional groups attached to an aromatic ring is 1. The number of nitrogens with two attached hydrogens (primary N) is 1. The third-order valence-corrected chi connectivity index (χ3v) is 6.85. The molecule has 0 aromatic carbocycles. The van der Waals surface area contributed by atoms with Gasteiger partial charge in [-0.05, 0) is 11.4 Å². The molecule has 0 saturated carbocycles. The van der Waals surface area contributed by atoms with Gasteiger partial charge in [0, 0.05) is 17.1 Å². The number of thiazole rings is 1. The summed E-state index contributed by atoms with van der Waals surface area (Å²) in [6.07, 6.45) is -0.787. The van der Waals surface area contributed by atoms with Crippen molar-refractivity contribution in [1.29, 1.82) is 0 Å². The number of rotatable bonds is 4. The van der Waals surface area contributed by atoms with Gasteiger partial charge in [-0.25, -0.2) is 0 Å². The van der Waals surface area contributed by atoms with Gasteiger partial charge in [0.05, 0.1) is 6.10 Å². The number of aromatic nitrogens is 3. The van der Waals surface area contributed by atoms with Crippen LogP contribution in [0, 0.1) is 0 Å². The smallest absolute Gasteiger partial charge is 0.311 e. The zero-order valence-electron chi connectivity index (χ0n) is 12.7. The van der Waals surface area contributed by atoms with Crippen LogP contribution in [-0.2, 0) is 11.2 Å². The van der Waals surface area contributed by atoms with E-state index >= 15 is 0 Å². The molecule has 1 fully saturated rings. The minimum Gasteiger partial charge on any atom is -0.389 e. The number of hydrogen-bond donors (Lipinski definition) is 3. The summed E-state index contributed by atoms with van der Waals surface area (Å²) in [6.45, 7) is 0. The number of H-pyrrole nitrogens is 1. The van der Waals surface area contributed by atoms with Crippen molar-refractivity contribution in [3.63, 3.8) is 0 Å². The second kappa shape index (κ2) is 6.57. The molecule has 3 aromatic heterocycles. The van der Waals surface area contributed by atoms with E-state index in [1.165, 1.54) is 16.3 Å². The first-order valence-electron chi connectivity index (χ1n) is 7.41. The topological polar surface area (TPSA) is 123 Å². The van der Waals surface area contributed by atoms with E-state index in [0.717, 1.165) is 16.2 Å². The monoisotopic (exact) mass is 398 g/mol. The van der Waals surface area contributed by atoms with Crippen molar-refractivity contribution < 1.29 is 9.84 Å². The molecule has 1 unspecified atom stereocenters. The molecule has 0 bridgehead atoms. The standard InChI is InChI=1S/C14H14N4O4S3/c15-13-16-10-9(11(20)17-13)25-14(21)18(10)8-5-24-12(22-8)7(19)4-6-2-1-3-23-6/h1-3,7-8,12,19H,4-5H2,(H3,15,16,17,20)/t7?,8-,12+/m1/s1. The van der Waals surface area contributed by atoms with Crippen LogP contribution >= 0.6 is 34.4 Å². The largest absolute Gasteiger partial charge is 0.389 e. The Balaban J connectivity index is 1.60. The van der Waals surface area contributed by atoms with Crippen molar-refractivity contribution in [2.75, 3.05) is 11.5 Å². The van der Waals surface area contributed by atoms with Gasteiger partial charge in [0.1, 0.15) is 16.4 Å². The minimum atomic E-state index is -0.685. The zero-order valence-corrected chi connectivity index (χ0v) is 15.2. The number of nitrogens with zero attached hydrogens (tertiary/aromatic N) is 2. The number of fused-ring (bicyclic) bond motifs is 1. The summed E-state index contributed by atoms with van der Waals surface area (Å²) in [6, 6.07) is 3.89. The van der Waals surface area contributed by atoms with Crippen LogP contribution in [0.4, 0.5) is 5.95 Å². The second-order valence-electron chi connectivity index (χ2n) is 5.49. The number of aliphatic hydroxyl groups is 1. The third-order valence-electron chi connectivity index (χ3n) is 3.78. The maximum Gasteiger partial charge on any atom is 0.311 e. The number of nitrogens with one attached hydrogen (secondary N) is 1. The summed E-state index contributed by atoms with van der Waals surface area (Å²) in [5, 5.41) is 12.3. The first-order valence-corrected chi connectivity index (χ1v) is 10.2. The number of aromatic amines is 1. The quantitative estimate of drug-likeness (QED) is 0.598.